The zero-order chi connectivity index (χ0) is 15.1. The fraction of sp³-hybridized carbons (Fsp3) is 0.200. The van der Waals surface area contributed by atoms with Crippen molar-refractivity contribution < 1.29 is 18.7 Å². The second-order valence-corrected chi connectivity index (χ2v) is 4.12. The Morgan fingerprint density at radius 3 is 3.05 bits per heavy atom. The van der Waals surface area contributed by atoms with Crippen molar-refractivity contribution >= 4 is 11.7 Å². The highest BCUT2D eigenvalue weighted by Crippen LogP contribution is 2.18. The standard InChI is InChI=1S/C15H14N2O4/c1-19-15(18)11-7-14(21-10-11)9-17-12-3-2-4-13(8-12)20-6-5-16/h2-4,7-8,10,17H,6,9H2,1H3. The van der Waals surface area contributed by atoms with Crippen LogP contribution in [0.3, 0.4) is 0 Å². The Hall–Kier alpha value is -2.94. The molecule has 108 valence electrons. The van der Waals surface area contributed by atoms with Crippen LogP contribution in [-0.4, -0.2) is 19.7 Å². The molecule has 6 nitrogen and oxygen atoms in total. The van der Waals surface area contributed by atoms with Crippen molar-refractivity contribution in [1.29, 1.82) is 5.26 Å². The molecule has 2 rings (SSSR count). The fourth-order valence-electron chi connectivity index (χ4n) is 1.70. The third-order valence-corrected chi connectivity index (χ3v) is 2.68. The Morgan fingerprint density at radius 2 is 2.29 bits per heavy atom. The maximum absolute atomic E-state index is 11.3. The largest absolute Gasteiger partial charge is 0.479 e. The number of nitrogens with zero attached hydrogens (tertiary/aromatic N) is 1. The summed E-state index contributed by atoms with van der Waals surface area (Å²) in [5, 5.41) is 11.6. The number of benzene rings is 1. The van der Waals surface area contributed by atoms with E-state index in [1.54, 1.807) is 18.2 Å². The second kappa shape index (κ2) is 7.01. The number of rotatable bonds is 6. The van der Waals surface area contributed by atoms with Gasteiger partial charge in [-0.1, -0.05) is 6.07 Å². The molecule has 1 N–H and O–H groups in total. The molecule has 0 bridgehead atoms. The molecule has 0 aliphatic rings. The Kier molecular flexibility index (Phi) is 4.83. The molecule has 0 radical (unpaired) electrons. The summed E-state index contributed by atoms with van der Waals surface area (Å²) in [6.45, 7) is 0.419. The number of ether oxygens (including phenoxy) is 2. The first-order valence-electron chi connectivity index (χ1n) is 6.22. The van der Waals surface area contributed by atoms with Gasteiger partial charge in [0.05, 0.1) is 19.2 Å². The molecule has 1 aromatic carbocycles. The Balaban J connectivity index is 1.95. The normalized spacial score (nSPS) is 9.71. The SMILES string of the molecule is COC(=O)c1coc(CNc2cccc(OCC#N)c2)c1. The van der Waals surface area contributed by atoms with Crippen LogP contribution in [0.25, 0.3) is 0 Å². The highest BCUT2D eigenvalue weighted by molar-refractivity contribution is 5.88. The molecule has 2 aromatic rings. The summed E-state index contributed by atoms with van der Waals surface area (Å²) in [4.78, 5) is 11.3. The van der Waals surface area contributed by atoms with Crippen LogP contribution >= 0.6 is 0 Å². The van der Waals surface area contributed by atoms with Gasteiger partial charge < -0.3 is 19.2 Å². The van der Waals surface area contributed by atoms with Gasteiger partial charge in [-0.3, -0.25) is 0 Å². The van der Waals surface area contributed by atoms with Crippen LogP contribution in [0.1, 0.15) is 16.1 Å². The van der Waals surface area contributed by atoms with Crippen LogP contribution in [0.2, 0.25) is 0 Å². The van der Waals surface area contributed by atoms with E-state index >= 15 is 0 Å². The summed E-state index contributed by atoms with van der Waals surface area (Å²) in [6, 6.07) is 10.8. The van der Waals surface area contributed by atoms with Crippen LogP contribution in [-0.2, 0) is 11.3 Å². The van der Waals surface area contributed by atoms with Crippen LogP contribution < -0.4 is 10.1 Å². The molecule has 0 saturated heterocycles. The lowest BCUT2D eigenvalue weighted by molar-refractivity contribution is 0.0600. The van der Waals surface area contributed by atoms with E-state index in [4.69, 9.17) is 14.4 Å². The first-order chi connectivity index (χ1) is 10.2. The van der Waals surface area contributed by atoms with Gasteiger partial charge in [0.2, 0.25) is 0 Å². The van der Waals surface area contributed by atoms with E-state index in [9.17, 15) is 4.79 Å². The topological polar surface area (TPSA) is 84.5 Å². The van der Waals surface area contributed by atoms with Crippen molar-refractivity contribution in [3.8, 4) is 11.8 Å². The predicted octanol–water partition coefficient (Wildman–Crippen LogP) is 2.58. The maximum atomic E-state index is 11.3. The van der Waals surface area contributed by atoms with Crippen molar-refractivity contribution in [2.24, 2.45) is 0 Å². The van der Waals surface area contributed by atoms with Crippen molar-refractivity contribution in [1.82, 2.24) is 0 Å². The lowest BCUT2D eigenvalue weighted by Gasteiger charge is -2.07. The Labute approximate surface area is 121 Å². The van der Waals surface area contributed by atoms with E-state index in [0.717, 1.165) is 5.69 Å². The molecule has 1 heterocycles. The Bertz CT molecular complexity index is 658. The van der Waals surface area contributed by atoms with E-state index in [-0.39, 0.29) is 6.61 Å². The minimum Gasteiger partial charge on any atom is -0.479 e. The lowest BCUT2D eigenvalue weighted by atomic mass is 10.3. The third-order valence-electron chi connectivity index (χ3n) is 2.68. The molecule has 0 fully saturated rings. The fourth-order valence-corrected chi connectivity index (χ4v) is 1.70. The van der Waals surface area contributed by atoms with E-state index in [2.05, 4.69) is 10.1 Å². The molecular formula is C15H14N2O4. The highest BCUT2D eigenvalue weighted by Gasteiger charge is 2.09. The van der Waals surface area contributed by atoms with Gasteiger partial charge in [0.25, 0.3) is 0 Å². The van der Waals surface area contributed by atoms with Crippen LogP contribution in [0.4, 0.5) is 5.69 Å². The summed E-state index contributed by atoms with van der Waals surface area (Å²) < 4.78 is 15.1. The molecular weight excluding hydrogens is 272 g/mol. The number of anilines is 1. The van der Waals surface area contributed by atoms with Crippen molar-refractivity contribution in [2.75, 3.05) is 19.0 Å². The van der Waals surface area contributed by atoms with Crippen molar-refractivity contribution in [3.05, 3.63) is 47.9 Å². The molecule has 1 aromatic heterocycles. The van der Waals surface area contributed by atoms with Gasteiger partial charge in [-0.2, -0.15) is 5.26 Å². The average molecular weight is 286 g/mol. The number of nitriles is 1. The van der Waals surface area contributed by atoms with E-state index in [1.807, 2.05) is 18.2 Å². The molecule has 0 saturated carbocycles. The van der Waals surface area contributed by atoms with Gasteiger partial charge in [-0.25, -0.2) is 4.79 Å². The summed E-state index contributed by atoms with van der Waals surface area (Å²) >= 11 is 0. The zero-order valence-corrected chi connectivity index (χ0v) is 11.5. The van der Waals surface area contributed by atoms with Gasteiger partial charge in [0.1, 0.15) is 23.8 Å². The number of nitrogens with one attached hydrogen (secondary N) is 1. The van der Waals surface area contributed by atoms with E-state index in [1.165, 1.54) is 13.4 Å². The summed E-state index contributed by atoms with van der Waals surface area (Å²) in [5.74, 6) is 0.784. The Morgan fingerprint density at radius 1 is 1.43 bits per heavy atom. The van der Waals surface area contributed by atoms with Gasteiger partial charge in [0.15, 0.2) is 6.61 Å². The van der Waals surface area contributed by atoms with Crippen molar-refractivity contribution in [2.45, 2.75) is 6.54 Å². The van der Waals surface area contributed by atoms with Crippen LogP contribution in [0.5, 0.6) is 5.75 Å². The summed E-state index contributed by atoms with van der Waals surface area (Å²) in [7, 11) is 1.32. The summed E-state index contributed by atoms with van der Waals surface area (Å²) in [6.07, 6.45) is 1.36. The third kappa shape index (κ3) is 4.01. The molecule has 0 spiro atoms. The first-order valence-corrected chi connectivity index (χ1v) is 6.22. The molecule has 0 aliphatic heterocycles. The number of methoxy groups -OCH3 is 1. The molecule has 6 heteroatoms. The van der Waals surface area contributed by atoms with Gasteiger partial charge in [-0.05, 0) is 18.2 Å². The van der Waals surface area contributed by atoms with Gasteiger partial charge in [-0.15, -0.1) is 0 Å². The number of carbonyl (C=O) groups is 1. The number of carbonyl (C=O) groups excluding carboxylic acids is 1. The van der Waals surface area contributed by atoms with Crippen molar-refractivity contribution in [3.63, 3.8) is 0 Å². The smallest absolute Gasteiger partial charge is 0.341 e. The minimum absolute atomic E-state index is 0.00409. The first kappa shape index (κ1) is 14.5. The van der Waals surface area contributed by atoms with E-state index < -0.39 is 5.97 Å². The van der Waals surface area contributed by atoms with E-state index in [0.29, 0.717) is 23.6 Å². The maximum Gasteiger partial charge on any atom is 0.341 e. The quantitative estimate of drug-likeness (QED) is 0.821. The molecule has 21 heavy (non-hydrogen) atoms. The number of furan rings is 1. The number of esters is 1. The molecule has 0 aliphatic carbocycles. The predicted molar refractivity (Wildman–Crippen MR) is 74.9 cm³/mol. The highest BCUT2D eigenvalue weighted by atomic mass is 16.5. The van der Waals surface area contributed by atoms with Crippen LogP contribution in [0.15, 0.2) is 41.0 Å². The van der Waals surface area contributed by atoms with Gasteiger partial charge >= 0.3 is 5.97 Å². The molecule has 0 amide bonds. The van der Waals surface area contributed by atoms with Gasteiger partial charge in [0, 0.05) is 11.8 Å². The van der Waals surface area contributed by atoms with Crippen LogP contribution in [0, 0.1) is 11.3 Å². The summed E-state index contributed by atoms with van der Waals surface area (Å²) in [5.41, 5.74) is 1.20. The lowest BCUT2D eigenvalue weighted by Crippen LogP contribution is -2.00. The minimum atomic E-state index is -0.433. The monoisotopic (exact) mass is 286 g/mol. The number of hydrogen-bond donors (Lipinski definition) is 1. The number of hydrogen-bond acceptors (Lipinski definition) is 6. The molecule has 0 unspecified atom stereocenters. The average Bonchev–Trinajstić information content (AvgIpc) is 2.99. The second-order valence-electron chi connectivity index (χ2n) is 4.12. The zero-order valence-electron chi connectivity index (χ0n) is 11.5. The molecule has 0 atom stereocenters.